The first-order valence-electron chi connectivity index (χ1n) is 6.70. The van der Waals surface area contributed by atoms with Crippen LogP contribution >= 0.6 is 0 Å². The van der Waals surface area contributed by atoms with E-state index in [-0.39, 0.29) is 11.3 Å². The summed E-state index contributed by atoms with van der Waals surface area (Å²) in [6.07, 6.45) is -3.11. The molecule has 2 amide bonds. The van der Waals surface area contributed by atoms with Crippen LogP contribution in [0.15, 0.2) is 41.0 Å². The van der Waals surface area contributed by atoms with Crippen molar-refractivity contribution in [1.29, 1.82) is 0 Å². The predicted octanol–water partition coefficient (Wildman–Crippen LogP) is 2.45. The fourth-order valence-electron chi connectivity index (χ4n) is 1.74. The molecule has 0 spiro atoms. The van der Waals surface area contributed by atoms with E-state index < -0.39 is 30.2 Å². The number of halogens is 3. The maximum atomic E-state index is 12.4. The minimum atomic E-state index is -4.44. The fraction of sp³-hybridized carbons (Fsp3) is 0.200. The number of hydrogen-bond acceptors (Lipinski definition) is 4. The van der Waals surface area contributed by atoms with Crippen molar-refractivity contribution in [2.45, 2.75) is 13.1 Å². The summed E-state index contributed by atoms with van der Waals surface area (Å²) in [7, 11) is 0. The number of amides is 2. The van der Waals surface area contributed by atoms with Crippen molar-refractivity contribution < 1.29 is 31.9 Å². The maximum Gasteiger partial charge on any atom is 0.416 e. The number of furan rings is 1. The van der Waals surface area contributed by atoms with Crippen molar-refractivity contribution in [3.63, 3.8) is 0 Å². The number of hydrogen-bond donors (Lipinski definition) is 2. The number of benzene rings is 1. The second-order valence-electron chi connectivity index (χ2n) is 4.70. The van der Waals surface area contributed by atoms with Crippen LogP contribution in [-0.4, -0.2) is 18.4 Å². The predicted molar refractivity (Wildman–Crippen MR) is 76.0 cm³/mol. The number of carbonyl (C=O) groups is 2. The molecule has 24 heavy (non-hydrogen) atoms. The highest BCUT2D eigenvalue weighted by molar-refractivity contribution is 5.96. The lowest BCUT2D eigenvalue weighted by molar-refractivity contribution is -0.137. The zero-order chi connectivity index (χ0) is 17.7. The highest BCUT2D eigenvalue weighted by Crippen LogP contribution is 2.30. The summed E-state index contributed by atoms with van der Waals surface area (Å²) in [6, 6.07) is 5.33. The number of carbonyl (C=O) groups excluding carboxylic acids is 2. The van der Waals surface area contributed by atoms with E-state index in [4.69, 9.17) is 9.15 Å². The first kappa shape index (κ1) is 17.4. The molecule has 0 aliphatic heterocycles. The molecule has 2 N–H and O–H groups in total. The highest BCUT2D eigenvalue weighted by atomic mass is 19.4. The van der Waals surface area contributed by atoms with Gasteiger partial charge in [0.1, 0.15) is 11.5 Å². The van der Waals surface area contributed by atoms with Gasteiger partial charge in [-0.15, -0.1) is 0 Å². The second-order valence-corrected chi connectivity index (χ2v) is 4.70. The Kier molecular flexibility index (Phi) is 5.12. The molecular formula is C15H13F3N2O4. The van der Waals surface area contributed by atoms with Crippen LogP contribution in [0.5, 0.6) is 5.75 Å². The Morgan fingerprint density at radius 1 is 1.12 bits per heavy atom. The quantitative estimate of drug-likeness (QED) is 0.837. The molecule has 0 saturated carbocycles. The average molecular weight is 342 g/mol. The Hall–Kier alpha value is -2.97. The lowest BCUT2D eigenvalue weighted by Crippen LogP contribution is -2.43. The van der Waals surface area contributed by atoms with Gasteiger partial charge in [-0.05, 0) is 37.3 Å². The Balaban J connectivity index is 1.79. The normalized spacial score (nSPS) is 11.0. The first-order chi connectivity index (χ1) is 11.3. The van der Waals surface area contributed by atoms with Crippen molar-refractivity contribution in [2.24, 2.45) is 0 Å². The van der Waals surface area contributed by atoms with Gasteiger partial charge in [-0.1, -0.05) is 0 Å². The van der Waals surface area contributed by atoms with Crippen LogP contribution in [0.1, 0.15) is 21.7 Å². The van der Waals surface area contributed by atoms with Gasteiger partial charge in [-0.25, -0.2) is 0 Å². The molecule has 1 aromatic heterocycles. The molecule has 0 unspecified atom stereocenters. The minimum Gasteiger partial charge on any atom is -0.484 e. The van der Waals surface area contributed by atoms with E-state index in [0.717, 1.165) is 24.3 Å². The third kappa shape index (κ3) is 4.51. The Labute approximate surface area is 134 Å². The maximum absolute atomic E-state index is 12.4. The van der Waals surface area contributed by atoms with Gasteiger partial charge >= 0.3 is 6.18 Å². The zero-order valence-corrected chi connectivity index (χ0v) is 12.4. The molecule has 0 saturated heterocycles. The standard InChI is InChI=1S/C15H13F3N2O4/c1-9-12(6-7-23-9)14(22)20-19-13(21)8-24-11-4-2-10(3-5-11)15(16,17)18/h2-7H,8H2,1H3,(H,19,21)(H,20,22). The van der Waals surface area contributed by atoms with Crippen LogP contribution in [0, 0.1) is 6.92 Å². The smallest absolute Gasteiger partial charge is 0.416 e. The zero-order valence-electron chi connectivity index (χ0n) is 12.4. The lowest BCUT2D eigenvalue weighted by atomic mass is 10.2. The van der Waals surface area contributed by atoms with Crippen LogP contribution in [0.3, 0.4) is 0 Å². The molecule has 0 atom stereocenters. The van der Waals surface area contributed by atoms with E-state index in [1.54, 1.807) is 6.92 Å². The number of ether oxygens (including phenoxy) is 1. The van der Waals surface area contributed by atoms with Crippen LogP contribution in [-0.2, 0) is 11.0 Å². The van der Waals surface area contributed by atoms with Crippen molar-refractivity contribution in [3.8, 4) is 5.75 Å². The molecule has 0 fully saturated rings. The molecule has 0 radical (unpaired) electrons. The van der Waals surface area contributed by atoms with E-state index in [0.29, 0.717) is 5.76 Å². The third-order valence-electron chi connectivity index (χ3n) is 2.97. The summed E-state index contributed by atoms with van der Waals surface area (Å²) in [5.41, 5.74) is 3.73. The molecule has 6 nitrogen and oxygen atoms in total. The van der Waals surface area contributed by atoms with Gasteiger partial charge in [0.2, 0.25) is 0 Å². The minimum absolute atomic E-state index is 0.0927. The molecule has 2 aromatic rings. The molecular weight excluding hydrogens is 329 g/mol. The van der Waals surface area contributed by atoms with E-state index in [1.165, 1.54) is 12.3 Å². The number of rotatable bonds is 4. The fourth-order valence-corrected chi connectivity index (χ4v) is 1.74. The highest BCUT2D eigenvalue weighted by Gasteiger charge is 2.30. The number of aryl methyl sites for hydroxylation is 1. The van der Waals surface area contributed by atoms with Gasteiger partial charge in [0, 0.05) is 0 Å². The van der Waals surface area contributed by atoms with E-state index in [2.05, 4.69) is 10.9 Å². The summed E-state index contributed by atoms with van der Waals surface area (Å²) in [4.78, 5) is 23.3. The van der Waals surface area contributed by atoms with Gasteiger partial charge in [0.15, 0.2) is 6.61 Å². The summed E-state index contributed by atoms with van der Waals surface area (Å²) in [6.45, 7) is 1.11. The number of alkyl halides is 3. The Bertz CT molecular complexity index is 723. The van der Waals surface area contributed by atoms with Crippen LogP contribution in [0.2, 0.25) is 0 Å². The topological polar surface area (TPSA) is 80.6 Å². The number of hydrazine groups is 1. The average Bonchev–Trinajstić information content (AvgIpc) is 2.96. The van der Waals surface area contributed by atoms with E-state index in [9.17, 15) is 22.8 Å². The summed E-state index contributed by atoms with van der Waals surface area (Å²) >= 11 is 0. The summed E-state index contributed by atoms with van der Waals surface area (Å²) in [5, 5.41) is 0. The molecule has 0 aliphatic rings. The van der Waals surface area contributed by atoms with Crippen LogP contribution < -0.4 is 15.6 Å². The molecule has 128 valence electrons. The monoisotopic (exact) mass is 342 g/mol. The van der Waals surface area contributed by atoms with Crippen molar-refractivity contribution in [2.75, 3.05) is 6.61 Å². The summed E-state index contributed by atoms with van der Waals surface area (Å²) in [5.74, 6) is -0.758. The Morgan fingerprint density at radius 2 is 1.79 bits per heavy atom. The van der Waals surface area contributed by atoms with Crippen molar-refractivity contribution in [1.82, 2.24) is 10.9 Å². The van der Waals surface area contributed by atoms with Gasteiger partial charge in [-0.3, -0.25) is 20.4 Å². The molecule has 1 aromatic carbocycles. The van der Waals surface area contributed by atoms with Crippen molar-refractivity contribution >= 4 is 11.8 Å². The molecule has 2 rings (SSSR count). The van der Waals surface area contributed by atoms with Gasteiger partial charge in [0.05, 0.1) is 17.4 Å². The van der Waals surface area contributed by atoms with Gasteiger partial charge in [-0.2, -0.15) is 13.2 Å². The summed E-state index contributed by atoms with van der Waals surface area (Å²) < 4.78 is 47.2. The van der Waals surface area contributed by atoms with Crippen LogP contribution in [0.25, 0.3) is 0 Å². The Morgan fingerprint density at radius 3 is 2.33 bits per heavy atom. The number of nitrogens with one attached hydrogen (secondary N) is 2. The second kappa shape index (κ2) is 7.07. The van der Waals surface area contributed by atoms with Crippen LogP contribution in [0.4, 0.5) is 13.2 Å². The van der Waals surface area contributed by atoms with Gasteiger partial charge < -0.3 is 9.15 Å². The molecule has 0 bridgehead atoms. The SMILES string of the molecule is Cc1occc1C(=O)NNC(=O)COc1ccc(C(F)(F)F)cc1. The van der Waals surface area contributed by atoms with Crippen molar-refractivity contribution in [3.05, 3.63) is 53.5 Å². The lowest BCUT2D eigenvalue weighted by Gasteiger charge is -2.10. The van der Waals surface area contributed by atoms with E-state index in [1.807, 2.05) is 0 Å². The molecule has 1 heterocycles. The first-order valence-corrected chi connectivity index (χ1v) is 6.70. The molecule has 9 heteroatoms. The molecule has 0 aliphatic carbocycles. The largest absolute Gasteiger partial charge is 0.484 e. The van der Waals surface area contributed by atoms with E-state index >= 15 is 0 Å². The van der Waals surface area contributed by atoms with Gasteiger partial charge in [0.25, 0.3) is 11.8 Å². The third-order valence-corrected chi connectivity index (χ3v) is 2.97.